The average molecular weight is 482 g/mol. The number of phenolic OH excluding ortho intramolecular Hbond substituents is 1. The molecule has 6 heteroatoms. The van der Waals surface area contributed by atoms with Crippen molar-refractivity contribution >= 4 is 50.6 Å². The number of nitrogens with one attached hydrogen (secondary N) is 1. The summed E-state index contributed by atoms with van der Waals surface area (Å²) >= 11 is 6.38. The second-order valence-electron chi connectivity index (χ2n) is 9.20. The van der Waals surface area contributed by atoms with Gasteiger partial charge in [0.1, 0.15) is 5.75 Å². The molecule has 0 saturated carbocycles. The number of alkyl halides is 1. The van der Waals surface area contributed by atoms with Gasteiger partial charge in [-0.05, 0) is 65.4 Å². The minimum absolute atomic E-state index is 0.00838. The van der Waals surface area contributed by atoms with E-state index in [4.69, 9.17) is 17.3 Å². The van der Waals surface area contributed by atoms with Crippen LogP contribution in [0.2, 0.25) is 0 Å². The van der Waals surface area contributed by atoms with Gasteiger partial charge in [0.05, 0.1) is 5.69 Å². The predicted octanol–water partition coefficient (Wildman–Crippen LogP) is 6.57. The number of rotatable bonds is 3. The molecular formula is C29H24ClN3O2. The van der Waals surface area contributed by atoms with E-state index in [1.165, 1.54) is 0 Å². The third-order valence-corrected chi connectivity index (χ3v) is 7.34. The van der Waals surface area contributed by atoms with Crippen LogP contribution < -0.4 is 10.6 Å². The summed E-state index contributed by atoms with van der Waals surface area (Å²) < 4.78 is 0. The van der Waals surface area contributed by atoms with Crippen LogP contribution in [0.15, 0.2) is 72.8 Å². The quantitative estimate of drug-likeness (QED) is 0.201. The first-order valence-electron chi connectivity index (χ1n) is 11.6. The van der Waals surface area contributed by atoms with Crippen LogP contribution in [0, 0.1) is 6.92 Å². The Kier molecular flexibility index (Phi) is 4.97. The molecule has 4 N–H and O–H groups in total. The van der Waals surface area contributed by atoms with Gasteiger partial charge in [-0.3, -0.25) is 4.79 Å². The molecule has 35 heavy (non-hydrogen) atoms. The fraction of sp³-hybridized carbons (Fsp3) is 0.138. The Hall–Kier alpha value is -3.96. The van der Waals surface area contributed by atoms with E-state index in [1.807, 2.05) is 73.7 Å². The number of carbonyl (C=O) groups excluding carboxylic acids is 1. The van der Waals surface area contributed by atoms with Gasteiger partial charge in [-0.15, -0.1) is 11.6 Å². The number of carbonyl (C=O) groups is 1. The first-order valence-corrected chi connectivity index (χ1v) is 12.1. The summed E-state index contributed by atoms with van der Waals surface area (Å²) in [7, 11) is 0. The standard InChI is InChI=1S/C29H24ClN3O2/c1-16-4-2-7-22-26(34)13-25-28(27(16)22)20(14-30)15-33(25)29(35)18-8-9-23-19(10-18)12-24(32-23)17-5-3-6-21(31)11-17/h2-13,20,32,34H,14-15,31H2,1H3. The molecule has 1 aliphatic heterocycles. The molecule has 0 fully saturated rings. The molecule has 0 radical (unpaired) electrons. The van der Waals surface area contributed by atoms with Crippen LogP contribution in [0.25, 0.3) is 32.9 Å². The molecule has 0 spiro atoms. The molecule has 1 amide bonds. The predicted molar refractivity (Wildman–Crippen MR) is 144 cm³/mol. The maximum Gasteiger partial charge on any atom is 0.258 e. The lowest BCUT2D eigenvalue weighted by molar-refractivity contribution is 0.0988. The van der Waals surface area contributed by atoms with Crippen molar-refractivity contribution in [3.05, 3.63) is 89.5 Å². The number of hydrogen-bond acceptors (Lipinski definition) is 3. The van der Waals surface area contributed by atoms with Gasteiger partial charge < -0.3 is 20.7 Å². The Labute approximate surface area is 207 Å². The summed E-state index contributed by atoms with van der Waals surface area (Å²) in [4.78, 5) is 18.9. The largest absolute Gasteiger partial charge is 0.507 e. The fourth-order valence-electron chi connectivity index (χ4n) is 5.30. The molecule has 1 atom stereocenters. The summed E-state index contributed by atoms with van der Waals surface area (Å²) in [6.07, 6.45) is 0. The van der Waals surface area contributed by atoms with E-state index >= 15 is 0 Å². The maximum atomic E-state index is 13.7. The Morgan fingerprint density at radius 3 is 2.74 bits per heavy atom. The SMILES string of the molecule is Cc1cccc2c(O)cc3c(c12)C(CCl)CN3C(=O)c1ccc2[nH]c(-c3cccc(N)c3)cc2c1. The molecule has 1 aromatic heterocycles. The molecule has 5 nitrogen and oxygen atoms in total. The van der Waals surface area contributed by atoms with Crippen molar-refractivity contribution < 1.29 is 9.90 Å². The van der Waals surface area contributed by atoms with E-state index in [0.29, 0.717) is 23.7 Å². The van der Waals surface area contributed by atoms with Crippen LogP contribution in [0.3, 0.4) is 0 Å². The number of aromatic nitrogens is 1. The summed E-state index contributed by atoms with van der Waals surface area (Å²) in [5.74, 6) is 0.444. The average Bonchev–Trinajstić information content (AvgIpc) is 3.45. The van der Waals surface area contributed by atoms with Crippen molar-refractivity contribution in [3.63, 3.8) is 0 Å². The van der Waals surface area contributed by atoms with Gasteiger partial charge >= 0.3 is 0 Å². The number of benzene rings is 4. The molecule has 174 valence electrons. The third kappa shape index (κ3) is 3.43. The van der Waals surface area contributed by atoms with Gasteiger partial charge in [0, 0.05) is 57.6 Å². The monoisotopic (exact) mass is 481 g/mol. The normalized spacial score (nSPS) is 15.1. The minimum Gasteiger partial charge on any atom is -0.507 e. The number of aryl methyl sites for hydroxylation is 1. The molecule has 2 heterocycles. The van der Waals surface area contributed by atoms with Gasteiger partial charge in [0.2, 0.25) is 0 Å². The lowest BCUT2D eigenvalue weighted by Crippen LogP contribution is -2.30. The number of anilines is 2. The van der Waals surface area contributed by atoms with E-state index < -0.39 is 0 Å². The number of nitrogen functional groups attached to an aromatic ring is 1. The number of amides is 1. The van der Waals surface area contributed by atoms with Gasteiger partial charge in [-0.1, -0.05) is 30.3 Å². The smallest absolute Gasteiger partial charge is 0.258 e. The lowest BCUT2D eigenvalue weighted by Gasteiger charge is -2.19. The van der Waals surface area contributed by atoms with E-state index in [2.05, 4.69) is 4.98 Å². The number of aromatic amines is 1. The zero-order valence-electron chi connectivity index (χ0n) is 19.2. The highest BCUT2D eigenvalue weighted by molar-refractivity contribution is 6.19. The maximum absolute atomic E-state index is 13.7. The molecule has 1 unspecified atom stereocenters. The van der Waals surface area contributed by atoms with E-state index in [-0.39, 0.29) is 17.6 Å². The summed E-state index contributed by atoms with van der Waals surface area (Å²) in [5.41, 5.74) is 12.9. The molecular weight excluding hydrogens is 458 g/mol. The Bertz CT molecular complexity index is 1640. The summed E-state index contributed by atoms with van der Waals surface area (Å²) in [6, 6.07) is 23.0. The van der Waals surface area contributed by atoms with Crippen LogP contribution >= 0.6 is 11.6 Å². The molecule has 4 aromatic carbocycles. The Morgan fingerprint density at radius 1 is 1.11 bits per heavy atom. The van der Waals surface area contributed by atoms with Gasteiger partial charge in [-0.2, -0.15) is 0 Å². The minimum atomic E-state index is -0.111. The molecule has 0 saturated heterocycles. The molecule has 1 aliphatic rings. The van der Waals surface area contributed by atoms with Crippen LogP contribution in [-0.2, 0) is 0 Å². The van der Waals surface area contributed by atoms with Crippen LogP contribution in [0.5, 0.6) is 5.75 Å². The zero-order chi connectivity index (χ0) is 24.3. The number of aromatic hydroxyl groups is 1. The molecule has 0 aliphatic carbocycles. The Morgan fingerprint density at radius 2 is 1.94 bits per heavy atom. The first-order chi connectivity index (χ1) is 16.9. The topological polar surface area (TPSA) is 82.3 Å². The van der Waals surface area contributed by atoms with Gasteiger partial charge in [0.15, 0.2) is 0 Å². The number of halogens is 1. The van der Waals surface area contributed by atoms with E-state index in [9.17, 15) is 9.90 Å². The highest BCUT2D eigenvalue weighted by Crippen LogP contribution is 2.46. The number of phenols is 1. The van der Waals surface area contributed by atoms with Gasteiger partial charge in [0.25, 0.3) is 5.91 Å². The number of nitrogens with zero attached hydrogens (tertiary/aromatic N) is 1. The van der Waals surface area contributed by atoms with Crippen molar-refractivity contribution in [1.82, 2.24) is 4.98 Å². The number of H-pyrrole nitrogens is 1. The number of nitrogens with two attached hydrogens (primary N) is 1. The van der Waals surface area contributed by atoms with Crippen LogP contribution in [0.4, 0.5) is 11.4 Å². The summed E-state index contributed by atoms with van der Waals surface area (Å²) in [5, 5.41) is 13.5. The lowest BCUT2D eigenvalue weighted by atomic mass is 9.92. The van der Waals surface area contributed by atoms with Crippen molar-refractivity contribution in [3.8, 4) is 17.0 Å². The van der Waals surface area contributed by atoms with Crippen molar-refractivity contribution in [2.45, 2.75) is 12.8 Å². The molecule has 6 rings (SSSR count). The Balaban J connectivity index is 1.43. The van der Waals surface area contributed by atoms with E-state index in [0.717, 1.165) is 49.7 Å². The highest BCUT2D eigenvalue weighted by atomic mass is 35.5. The second kappa shape index (κ2) is 8.07. The highest BCUT2D eigenvalue weighted by Gasteiger charge is 2.35. The van der Waals surface area contributed by atoms with Crippen molar-refractivity contribution in [2.75, 3.05) is 23.1 Å². The molecule has 5 aromatic rings. The van der Waals surface area contributed by atoms with E-state index in [1.54, 1.807) is 11.0 Å². The number of fused-ring (bicyclic) bond motifs is 4. The van der Waals surface area contributed by atoms with Crippen molar-refractivity contribution in [2.24, 2.45) is 0 Å². The third-order valence-electron chi connectivity index (χ3n) is 6.97. The fourth-order valence-corrected chi connectivity index (χ4v) is 5.55. The zero-order valence-corrected chi connectivity index (χ0v) is 19.9. The van der Waals surface area contributed by atoms with Crippen LogP contribution in [-0.4, -0.2) is 28.4 Å². The molecule has 0 bridgehead atoms. The number of hydrogen-bond donors (Lipinski definition) is 3. The second-order valence-corrected chi connectivity index (χ2v) is 9.51. The van der Waals surface area contributed by atoms with Gasteiger partial charge in [-0.25, -0.2) is 0 Å². The summed E-state index contributed by atoms with van der Waals surface area (Å²) in [6.45, 7) is 2.50. The first kappa shape index (κ1) is 21.6. The van der Waals surface area contributed by atoms with Crippen molar-refractivity contribution in [1.29, 1.82) is 0 Å². The van der Waals surface area contributed by atoms with Crippen LogP contribution in [0.1, 0.15) is 27.4 Å².